The van der Waals surface area contributed by atoms with E-state index in [-0.39, 0.29) is 23.2 Å². The number of aromatic nitrogens is 2. The maximum atomic E-state index is 13.9. The van der Waals surface area contributed by atoms with Crippen molar-refractivity contribution in [3.8, 4) is 0 Å². The molecular weight excluding hydrogens is 386 g/mol. The molecule has 29 heavy (non-hydrogen) atoms. The van der Waals surface area contributed by atoms with Crippen molar-refractivity contribution in [2.75, 3.05) is 16.0 Å². The molecule has 1 aromatic heterocycles. The van der Waals surface area contributed by atoms with E-state index >= 15 is 0 Å². The first-order valence-electron chi connectivity index (χ1n) is 8.19. The Balaban J connectivity index is 1.90. The van der Waals surface area contributed by atoms with E-state index in [9.17, 15) is 23.7 Å². The molecule has 0 radical (unpaired) electrons. The third-order valence-electron chi connectivity index (χ3n) is 3.66. The number of nitrogens with zero attached hydrogens (tertiary/aromatic N) is 3. The number of benzene rings is 2. The summed E-state index contributed by atoms with van der Waals surface area (Å²) in [6.07, 6.45) is 1.06. The van der Waals surface area contributed by atoms with Gasteiger partial charge in [-0.1, -0.05) is 0 Å². The fraction of sp³-hybridized carbons (Fsp3) is 0.0556. The Morgan fingerprint density at radius 3 is 2.21 bits per heavy atom. The van der Waals surface area contributed by atoms with E-state index in [1.165, 1.54) is 6.92 Å². The maximum Gasteiger partial charge on any atom is 0.353 e. The Kier molecular flexibility index (Phi) is 5.58. The molecule has 3 rings (SSSR count). The average Bonchev–Trinajstić information content (AvgIpc) is 2.65. The number of carbonyl (C=O) groups excluding carboxylic acids is 1. The van der Waals surface area contributed by atoms with Gasteiger partial charge in [-0.2, -0.15) is 0 Å². The van der Waals surface area contributed by atoms with Crippen molar-refractivity contribution in [3.05, 3.63) is 70.5 Å². The van der Waals surface area contributed by atoms with Crippen molar-refractivity contribution in [1.82, 2.24) is 9.97 Å². The number of rotatable bonds is 6. The predicted octanol–water partition coefficient (Wildman–Crippen LogP) is 4.11. The molecule has 0 aliphatic rings. The minimum Gasteiger partial charge on any atom is -0.334 e. The summed E-state index contributed by atoms with van der Waals surface area (Å²) in [6, 6.07) is 9.13. The molecule has 0 spiro atoms. The molecule has 1 heterocycles. The van der Waals surface area contributed by atoms with Gasteiger partial charge < -0.3 is 16.0 Å². The number of hydrogen-bond donors (Lipinski definition) is 3. The fourth-order valence-electron chi connectivity index (χ4n) is 2.43. The molecular formula is C18H14F2N6O3. The molecule has 11 heteroatoms. The molecule has 1 amide bonds. The van der Waals surface area contributed by atoms with Crippen molar-refractivity contribution < 1.29 is 18.5 Å². The summed E-state index contributed by atoms with van der Waals surface area (Å²) in [7, 11) is 0. The van der Waals surface area contributed by atoms with E-state index < -0.39 is 22.2 Å². The van der Waals surface area contributed by atoms with Crippen LogP contribution >= 0.6 is 0 Å². The van der Waals surface area contributed by atoms with Crippen LogP contribution in [-0.2, 0) is 4.79 Å². The van der Waals surface area contributed by atoms with Crippen LogP contribution < -0.4 is 16.0 Å². The minimum atomic E-state index is -0.930. The minimum absolute atomic E-state index is 0.137. The molecule has 148 valence electrons. The molecule has 0 fully saturated rings. The number of amides is 1. The van der Waals surface area contributed by atoms with E-state index in [4.69, 9.17) is 0 Å². The Labute approximate surface area is 163 Å². The third-order valence-corrected chi connectivity index (χ3v) is 3.66. The second-order valence-electron chi connectivity index (χ2n) is 5.81. The Hall–Kier alpha value is -4.15. The van der Waals surface area contributed by atoms with Crippen LogP contribution in [0.4, 0.5) is 43.2 Å². The zero-order valence-electron chi connectivity index (χ0n) is 14.9. The molecule has 0 aliphatic heterocycles. The number of halogens is 2. The molecule has 0 unspecified atom stereocenters. The summed E-state index contributed by atoms with van der Waals surface area (Å²) in [5.74, 6) is -2.35. The molecule has 3 N–H and O–H groups in total. The van der Waals surface area contributed by atoms with E-state index in [0.717, 1.165) is 18.5 Å². The van der Waals surface area contributed by atoms with Gasteiger partial charge in [0.2, 0.25) is 17.5 Å². The zero-order valence-corrected chi connectivity index (χ0v) is 14.9. The summed E-state index contributed by atoms with van der Waals surface area (Å²) >= 11 is 0. The summed E-state index contributed by atoms with van der Waals surface area (Å²) in [5.41, 5.74) is 0.301. The van der Waals surface area contributed by atoms with E-state index in [2.05, 4.69) is 25.9 Å². The molecule has 0 aliphatic carbocycles. The van der Waals surface area contributed by atoms with Crippen molar-refractivity contribution in [2.45, 2.75) is 6.92 Å². The molecule has 0 saturated carbocycles. The summed E-state index contributed by atoms with van der Waals surface area (Å²) in [6.45, 7) is 1.37. The van der Waals surface area contributed by atoms with Crippen LogP contribution in [0.15, 0.2) is 48.8 Å². The lowest BCUT2D eigenvalue weighted by Gasteiger charge is -2.11. The van der Waals surface area contributed by atoms with Gasteiger partial charge in [-0.3, -0.25) is 14.9 Å². The predicted molar refractivity (Wildman–Crippen MR) is 102 cm³/mol. The van der Waals surface area contributed by atoms with Gasteiger partial charge in [-0.25, -0.2) is 18.7 Å². The van der Waals surface area contributed by atoms with Crippen molar-refractivity contribution in [1.29, 1.82) is 0 Å². The van der Waals surface area contributed by atoms with Crippen molar-refractivity contribution >= 4 is 40.3 Å². The largest absolute Gasteiger partial charge is 0.353 e. The number of nitrogens with one attached hydrogen (secondary N) is 3. The molecule has 0 atom stereocenters. The highest BCUT2D eigenvalue weighted by Crippen LogP contribution is 2.33. The lowest BCUT2D eigenvalue weighted by Crippen LogP contribution is -2.07. The number of hydrogen-bond acceptors (Lipinski definition) is 7. The van der Waals surface area contributed by atoms with Crippen LogP contribution in [0.5, 0.6) is 0 Å². The lowest BCUT2D eigenvalue weighted by atomic mass is 10.2. The highest BCUT2D eigenvalue weighted by Gasteiger charge is 2.24. The number of nitro groups is 1. The summed E-state index contributed by atoms with van der Waals surface area (Å²) in [4.78, 5) is 29.6. The van der Waals surface area contributed by atoms with E-state index in [1.807, 2.05) is 0 Å². The SMILES string of the molecule is CC(=O)Nc1ccc(Nc2ncnc(Nc3ccc(F)cc3F)c2[N+](=O)[O-])cc1. The highest BCUT2D eigenvalue weighted by molar-refractivity contribution is 5.89. The lowest BCUT2D eigenvalue weighted by molar-refractivity contribution is -0.383. The van der Waals surface area contributed by atoms with E-state index in [0.29, 0.717) is 17.4 Å². The Morgan fingerprint density at radius 1 is 1.00 bits per heavy atom. The molecule has 0 saturated heterocycles. The quantitative estimate of drug-likeness (QED) is 0.420. The zero-order chi connectivity index (χ0) is 21.0. The van der Waals surface area contributed by atoms with Crippen LogP contribution in [0.25, 0.3) is 0 Å². The topological polar surface area (TPSA) is 122 Å². The van der Waals surface area contributed by atoms with Crippen molar-refractivity contribution in [3.63, 3.8) is 0 Å². The van der Waals surface area contributed by atoms with Gasteiger partial charge in [0.15, 0.2) is 0 Å². The average molecular weight is 400 g/mol. The van der Waals surface area contributed by atoms with Crippen LogP contribution in [0, 0.1) is 21.7 Å². The monoisotopic (exact) mass is 400 g/mol. The van der Waals surface area contributed by atoms with Crippen LogP contribution in [0.3, 0.4) is 0 Å². The normalized spacial score (nSPS) is 10.3. The molecule has 2 aromatic carbocycles. The number of anilines is 5. The second kappa shape index (κ2) is 8.25. The molecule has 9 nitrogen and oxygen atoms in total. The van der Waals surface area contributed by atoms with Gasteiger partial charge in [0.1, 0.15) is 18.0 Å². The van der Waals surface area contributed by atoms with E-state index in [1.54, 1.807) is 24.3 Å². The van der Waals surface area contributed by atoms with Gasteiger partial charge in [0, 0.05) is 24.4 Å². The highest BCUT2D eigenvalue weighted by atomic mass is 19.1. The van der Waals surface area contributed by atoms with Crippen molar-refractivity contribution in [2.24, 2.45) is 0 Å². The number of carbonyl (C=O) groups is 1. The Morgan fingerprint density at radius 2 is 1.62 bits per heavy atom. The molecule has 0 bridgehead atoms. The van der Waals surface area contributed by atoms with Gasteiger partial charge in [-0.05, 0) is 36.4 Å². The first-order valence-corrected chi connectivity index (χ1v) is 8.19. The van der Waals surface area contributed by atoms with Gasteiger partial charge in [0.05, 0.1) is 10.6 Å². The van der Waals surface area contributed by atoms with Gasteiger partial charge in [0.25, 0.3) is 0 Å². The first-order chi connectivity index (χ1) is 13.8. The Bertz CT molecular complexity index is 1080. The standard InChI is InChI=1S/C18H14F2N6O3/c1-10(27)23-12-3-5-13(6-4-12)24-17-16(26(28)29)18(22-9-21-17)25-15-7-2-11(19)8-14(15)20/h2-9H,1H3,(H,23,27)(H2,21,22,24,25). The third kappa shape index (κ3) is 4.77. The second-order valence-corrected chi connectivity index (χ2v) is 5.81. The van der Waals surface area contributed by atoms with Crippen LogP contribution in [0.2, 0.25) is 0 Å². The molecule has 3 aromatic rings. The summed E-state index contributed by atoms with van der Waals surface area (Å²) < 4.78 is 26.9. The van der Waals surface area contributed by atoms with Crippen LogP contribution in [-0.4, -0.2) is 20.8 Å². The summed E-state index contributed by atoms with van der Waals surface area (Å²) in [5, 5.41) is 19.4. The van der Waals surface area contributed by atoms with Gasteiger partial charge in [-0.15, -0.1) is 0 Å². The maximum absolute atomic E-state index is 13.9. The first kappa shape index (κ1) is 19.6. The van der Waals surface area contributed by atoms with Gasteiger partial charge >= 0.3 is 5.69 Å². The smallest absolute Gasteiger partial charge is 0.334 e. The fourth-order valence-corrected chi connectivity index (χ4v) is 2.43. The van der Waals surface area contributed by atoms with Crippen LogP contribution in [0.1, 0.15) is 6.92 Å².